The average Bonchev–Trinajstić information content (AvgIpc) is 2.20. The molecule has 2 heteroatoms. The Morgan fingerprint density at radius 1 is 1.43 bits per heavy atom. The van der Waals surface area contributed by atoms with E-state index in [1.54, 1.807) is 6.92 Å². The Balaban J connectivity index is 2.60. The summed E-state index contributed by atoms with van der Waals surface area (Å²) in [6, 6.07) is 9.56. The second kappa shape index (κ2) is 5.43. The molecule has 1 N–H and O–H groups in total. The molecule has 0 amide bonds. The maximum absolute atomic E-state index is 9.05. The van der Waals surface area contributed by atoms with Crippen LogP contribution in [0.15, 0.2) is 30.3 Å². The zero-order chi connectivity index (χ0) is 10.4. The summed E-state index contributed by atoms with van der Waals surface area (Å²) in [4.78, 5) is 0. The minimum absolute atomic E-state index is 0.254. The van der Waals surface area contributed by atoms with E-state index in [2.05, 4.69) is 5.92 Å². The number of hydrogen-bond acceptors (Lipinski definition) is 2. The number of aliphatic hydroxyl groups excluding tert-OH is 1. The van der Waals surface area contributed by atoms with E-state index in [-0.39, 0.29) is 12.7 Å². The van der Waals surface area contributed by atoms with Crippen LogP contribution < -0.4 is 0 Å². The van der Waals surface area contributed by atoms with Crippen molar-refractivity contribution in [2.24, 2.45) is 0 Å². The summed E-state index contributed by atoms with van der Waals surface area (Å²) in [7, 11) is 0. The van der Waals surface area contributed by atoms with Gasteiger partial charge in [-0.1, -0.05) is 36.3 Å². The Morgan fingerprint density at radius 3 is 2.57 bits per heavy atom. The third-order valence-corrected chi connectivity index (χ3v) is 1.76. The van der Waals surface area contributed by atoms with E-state index in [0.29, 0.717) is 0 Å². The maximum atomic E-state index is 9.05. The SMILES string of the molecule is C#C[C@@H](OC[C@H](C)O)c1ccccc1. The first-order chi connectivity index (χ1) is 6.74. The topological polar surface area (TPSA) is 29.5 Å². The van der Waals surface area contributed by atoms with Gasteiger partial charge in [0.2, 0.25) is 0 Å². The van der Waals surface area contributed by atoms with Crippen LogP contribution in [0.4, 0.5) is 0 Å². The van der Waals surface area contributed by atoms with Gasteiger partial charge in [-0.2, -0.15) is 0 Å². The zero-order valence-electron chi connectivity index (χ0n) is 8.18. The molecule has 0 fully saturated rings. The maximum Gasteiger partial charge on any atom is 0.143 e. The molecule has 0 aromatic heterocycles. The van der Waals surface area contributed by atoms with Crippen LogP contribution in [-0.2, 0) is 4.74 Å². The first kappa shape index (κ1) is 10.8. The Hall–Kier alpha value is -1.30. The molecule has 1 aromatic carbocycles. The highest BCUT2D eigenvalue weighted by molar-refractivity contribution is 5.23. The molecule has 0 unspecified atom stereocenters. The molecule has 1 rings (SSSR count). The molecule has 0 saturated heterocycles. The molecule has 0 saturated carbocycles. The molecule has 0 bridgehead atoms. The van der Waals surface area contributed by atoms with Crippen molar-refractivity contribution in [3.05, 3.63) is 35.9 Å². The first-order valence-corrected chi connectivity index (χ1v) is 4.54. The number of benzene rings is 1. The Morgan fingerprint density at radius 2 is 2.07 bits per heavy atom. The molecule has 0 aliphatic rings. The van der Waals surface area contributed by atoms with Gasteiger partial charge in [0.25, 0.3) is 0 Å². The van der Waals surface area contributed by atoms with E-state index in [4.69, 9.17) is 16.3 Å². The van der Waals surface area contributed by atoms with Gasteiger partial charge >= 0.3 is 0 Å². The Bertz CT molecular complexity index is 298. The summed E-state index contributed by atoms with van der Waals surface area (Å²) in [5, 5.41) is 9.05. The van der Waals surface area contributed by atoms with E-state index in [1.165, 1.54) is 0 Å². The molecule has 0 heterocycles. The second-order valence-electron chi connectivity index (χ2n) is 3.14. The lowest BCUT2D eigenvalue weighted by atomic mass is 10.1. The van der Waals surface area contributed by atoms with Gasteiger partial charge in [-0.15, -0.1) is 6.42 Å². The smallest absolute Gasteiger partial charge is 0.143 e. The molecule has 2 atom stereocenters. The van der Waals surface area contributed by atoms with Gasteiger partial charge in [0.05, 0.1) is 12.7 Å². The number of hydrogen-bond donors (Lipinski definition) is 1. The Labute approximate surface area is 84.5 Å². The lowest BCUT2D eigenvalue weighted by Gasteiger charge is -2.13. The van der Waals surface area contributed by atoms with Crippen molar-refractivity contribution in [2.45, 2.75) is 19.1 Å². The highest BCUT2D eigenvalue weighted by Crippen LogP contribution is 2.15. The summed E-state index contributed by atoms with van der Waals surface area (Å²) >= 11 is 0. The summed E-state index contributed by atoms with van der Waals surface area (Å²) in [5.41, 5.74) is 0.940. The molecule has 0 radical (unpaired) electrons. The number of aliphatic hydroxyl groups is 1. The predicted octanol–water partition coefficient (Wildman–Crippen LogP) is 1.76. The van der Waals surface area contributed by atoms with Crippen LogP contribution in [0.5, 0.6) is 0 Å². The van der Waals surface area contributed by atoms with Crippen molar-refractivity contribution in [1.29, 1.82) is 0 Å². The van der Waals surface area contributed by atoms with Crippen molar-refractivity contribution >= 4 is 0 Å². The molecule has 0 spiro atoms. The van der Waals surface area contributed by atoms with Crippen LogP contribution in [0, 0.1) is 12.3 Å². The van der Waals surface area contributed by atoms with Gasteiger partial charge in [-0.3, -0.25) is 0 Å². The number of ether oxygens (including phenoxy) is 1. The van der Waals surface area contributed by atoms with E-state index >= 15 is 0 Å². The standard InChI is InChI=1S/C12H14O2/c1-3-12(14-9-10(2)13)11-7-5-4-6-8-11/h1,4-8,10,12-13H,9H2,2H3/t10-,12+/m0/s1. The highest BCUT2D eigenvalue weighted by atomic mass is 16.5. The van der Waals surface area contributed by atoms with E-state index in [0.717, 1.165) is 5.56 Å². The molecule has 14 heavy (non-hydrogen) atoms. The van der Waals surface area contributed by atoms with Crippen molar-refractivity contribution in [3.8, 4) is 12.3 Å². The largest absolute Gasteiger partial charge is 0.391 e. The lowest BCUT2D eigenvalue weighted by molar-refractivity contribution is 0.0207. The lowest BCUT2D eigenvalue weighted by Crippen LogP contribution is -2.13. The molecular weight excluding hydrogens is 176 g/mol. The van der Waals surface area contributed by atoms with Crippen LogP contribution >= 0.6 is 0 Å². The van der Waals surface area contributed by atoms with Gasteiger partial charge in [0.1, 0.15) is 6.10 Å². The molecule has 0 aliphatic carbocycles. The molecule has 1 aromatic rings. The minimum atomic E-state index is -0.491. The van der Waals surface area contributed by atoms with Crippen LogP contribution in [0.25, 0.3) is 0 Å². The zero-order valence-corrected chi connectivity index (χ0v) is 8.18. The van der Waals surface area contributed by atoms with Gasteiger partial charge < -0.3 is 9.84 Å². The fourth-order valence-electron chi connectivity index (χ4n) is 1.10. The van der Waals surface area contributed by atoms with E-state index in [9.17, 15) is 0 Å². The van der Waals surface area contributed by atoms with Gasteiger partial charge in [0.15, 0.2) is 0 Å². The van der Waals surface area contributed by atoms with Crippen molar-refractivity contribution < 1.29 is 9.84 Å². The van der Waals surface area contributed by atoms with Gasteiger partial charge in [0, 0.05) is 0 Å². The molecule has 2 nitrogen and oxygen atoms in total. The monoisotopic (exact) mass is 190 g/mol. The normalized spacial score (nSPS) is 14.4. The van der Waals surface area contributed by atoms with E-state index in [1.807, 2.05) is 30.3 Å². The van der Waals surface area contributed by atoms with Gasteiger partial charge in [-0.25, -0.2) is 0 Å². The van der Waals surface area contributed by atoms with Crippen molar-refractivity contribution in [1.82, 2.24) is 0 Å². The summed E-state index contributed by atoms with van der Waals surface area (Å²) in [6.45, 7) is 1.92. The first-order valence-electron chi connectivity index (χ1n) is 4.54. The van der Waals surface area contributed by atoms with E-state index < -0.39 is 6.10 Å². The molecule has 0 aliphatic heterocycles. The third kappa shape index (κ3) is 3.21. The summed E-state index contributed by atoms with van der Waals surface area (Å²) in [5.74, 6) is 2.54. The average molecular weight is 190 g/mol. The predicted molar refractivity (Wildman–Crippen MR) is 55.6 cm³/mol. The highest BCUT2D eigenvalue weighted by Gasteiger charge is 2.08. The van der Waals surface area contributed by atoms with Crippen LogP contribution in [-0.4, -0.2) is 17.8 Å². The number of rotatable bonds is 4. The second-order valence-corrected chi connectivity index (χ2v) is 3.14. The van der Waals surface area contributed by atoms with Crippen molar-refractivity contribution in [2.75, 3.05) is 6.61 Å². The molecule has 74 valence electrons. The summed E-state index contributed by atoms with van der Waals surface area (Å²) in [6.07, 6.45) is 4.47. The van der Waals surface area contributed by atoms with Crippen LogP contribution in [0.1, 0.15) is 18.6 Å². The van der Waals surface area contributed by atoms with Crippen LogP contribution in [0.2, 0.25) is 0 Å². The summed E-state index contributed by atoms with van der Waals surface area (Å²) < 4.78 is 5.35. The molecular formula is C12H14O2. The van der Waals surface area contributed by atoms with Crippen LogP contribution in [0.3, 0.4) is 0 Å². The minimum Gasteiger partial charge on any atom is -0.391 e. The third-order valence-electron chi connectivity index (χ3n) is 1.76. The fraction of sp³-hybridized carbons (Fsp3) is 0.333. The van der Waals surface area contributed by atoms with Crippen molar-refractivity contribution in [3.63, 3.8) is 0 Å². The van der Waals surface area contributed by atoms with Gasteiger partial charge in [-0.05, 0) is 12.5 Å². The quantitative estimate of drug-likeness (QED) is 0.733. The number of terminal acetylenes is 1. The fourth-order valence-corrected chi connectivity index (χ4v) is 1.10. The Kier molecular flexibility index (Phi) is 4.18.